The van der Waals surface area contributed by atoms with Crippen LogP contribution in [0.25, 0.3) is 0 Å². The summed E-state index contributed by atoms with van der Waals surface area (Å²) in [5.74, 6) is -1.22. The van der Waals surface area contributed by atoms with Crippen LogP contribution in [0.15, 0.2) is 23.1 Å². The number of hydrogen-bond acceptors (Lipinski definition) is 2. The molecule has 1 rings (SSSR count). The first-order valence-electron chi connectivity index (χ1n) is 4.67. The van der Waals surface area contributed by atoms with Crippen molar-refractivity contribution in [2.75, 3.05) is 0 Å². The smallest absolute Gasteiger partial charge is 0.223 e. The van der Waals surface area contributed by atoms with E-state index in [1.807, 2.05) is 0 Å². The third kappa shape index (κ3) is 2.96. The second kappa shape index (κ2) is 4.29. The summed E-state index contributed by atoms with van der Waals surface area (Å²) in [5.41, 5.74) is -1.31. The van der Waals surface area contributed by atoms with Crippen LogP contribution < -0.4 is 0 Å². The monoisotopic (exact) mass is 270 g/mol. The first kappa shape index (κ1) is 14.0. The zero-order valence-electron chi connectivity index (χ0n) is 9.05. The van der Waals surface area contributed by atoms with Gasteiger partial charge in [-0.15, -0.1) is 0 Å². The Bertz CT molecular complexity index is 518. The standard InChI is InChI=1S/C10H10F4O2S/c1-6(2)17(15,16)9-4-7(10(12,13)14)3-8(11)5-9/h3-6H,1-2H3. The van der Waals surface area contributed by atoms with E-state index in [-0.39, 0.29) is 6.07 Å². The van der Waals surface area contributed by atoms with Gasteiger partial charge in [0.05, 0.1) is 15.7 Å². The number of hydrogen-bond donors (Lipinski definition) is 0. The Hall–Kier alpha value is -1.11. The Morgan fingerprint density at radius 3 is 2.06 bits per heavy atom. The van der Waals surface area contributed by atoms with Crippen molar-refractivity contribution in [2.45, 2.75) is 30.2 Å². The van der Waals surface area contributed by atoms with Crippen molar-refractivity contribution >= 4 is 9.84 Å². The molecule has 0 aromatic heterocycles. The van der Waals surface area contributed by atoms with Crippen LogP contribution in [0, 0.1) is 5.82 Å². The molecule has 2 nitrogen and oxygen atoms in total. The normalized spacial score (nSPS) is 13.1. The van der Waals surface area contributed by atoms with Crippen molar-refractivity contribution in [1.82, 2.24) is 0 Å². The summed E-state index contributed by atoms with van der Waals surface area (Å²) in [7, 11) is -3.92. The minimum absolute atomic E-state index is 0.263. The minimum Gasteiger partial charge on any atom is -0.223 e. The van der Waals surface area contributed by atoms with Gasteiger partial charge in [-0.1, -0.05) is 0 Å². The highest BCUT2D eigenvalue weighted by Crippen LogP contribution is 2.32. The molecule has 7 heteroatoms. The number of alkyl halides is 3. The highest BCUT2D eigenvalue weighted by molar-refractivity contribution is 7.92. The van der Waals surface area contributed by atoms with E-state index in [0.717, 1.165) is 0 Å². The number of halogens is 4. The second-order valence-electron chi connectivity index (χ2n) is 3.77. The van der Waals surface area contributed by atoms with Gasteiger partial charge in [0.2, 0.25) is 0 Å². The third-order valence-electron chi connectivity index (χ3n) is 2.15. The molecule has 1 aromatic carbocycles. The molecule has 0 aliphatic rings. The van der Waals surface area contributed by atoms with Crippen molar-refractivity contribution < 1.29 is 26.0 Å². The van der Waals surface area contributed by atoms with Crippen molar-refractivity contribution in [3.05, 3.63) is 29.6 Å². The van der Waals surface area contributed by atoms with E-state index in [1.165, 1.54) is 13.8 Å². The summed E-state index contributed by atoms with van der Waals surface area (Å²) in [6, 6.07) is 1.29. The Morgan fingerprint density at radius 2 is 1.65 bits per heavy atom. The lowest BCUT2D eigenvalue weighted by Gasteiger charge is -2.11. The summed E-state index contributed by atoms with van der Waals surface area (Å²) in [4.78, 5) is -0.653. The van der Waals surface area contributed by atoms with Crippen LogP contribution >= 0.6 is 0 Å². The van der Waals surface area contributed by atoms with E-state index in [0.29, 0.717) is 12.1 Å². The molecule has 0 aliphatic carbocycles. The predicted octanol–water partition coefficient (Wildman–Crippen LogP) is 3.03. The van der Waals surface area contributed by atoms with Crippen molar-refractivity contribution in [3.8, 4) is 0 Å². The van der Waals surface area contributed by atoms with Gasteiger partial charge in [0.1, 0.15) is 5.82 Å². The highest BCUT2D eigenvalue weighted by atomic mass is 32.2. The Balaban J connectivity index is 3.44. The summed E-state index contributed by atoms with van der Waals surface area (Å²) in [6.45, 7) is 2.63. The maximum Gasteiger partial charge on any atom is 0.416 e. The SMILES string of the molecule is CC(C)S(=O)(=O)c1cc(F)cc(C(F)(F)F)c1. The first-order chi connectivity index (χ1) is 7.55. The Morgan fingerprint density at radius 1 is 1.12 bits per heavy atom. The Labute approximate surface area is 96.2 Å². The van der Waals surface area contributed by atoms with Gasteiger partial charge in [-0.25, -0.2) is 12.8 Å². The molecule has 0 spiro atoms. The number of sulfone groups is 1. The van der Waals surface area contributed by atoms with E-state index in [4.69, 9.17) is 0 Å². The average molecular weight is 270 g/mol. The van der Waals surface area contributed by atoms with Gasteiger partial charge in [0.25, 0.3) is 0 Å². The summed E-state index contributed by atoms with van der Waals surface area (Å²) in [6.07, 6.45) is -4.77. The maximum atomic E-state index is 13.0. The van der Waals surface area contributed by atoms with Gasteiger partial charge < -0.3 is 0 Å². The number of benzene rings is 1. The lowest BCUT2D eigenvalue weighted by molar-refractivity contribution is -0.137. The van der Waals surface area contributed by atoms with Gasteiger partial charge in [-0.05, 0) is 32.0 Å². The van der Waals surface area contributed by atoms with Crippen LogP contribution in [0.5, 0.6) is 0 Å². The first-order valence-corrected chi connectivity index (χ1v) is 6.21. The predicted molar refractivity (Wildman–Crippen MR) is 53.7 cm³/mol. The van der Waals surface area contributed by atoms with Gasteiger partial charge >= 0.3 is 6.18 Å². The van der Waals surface area contributed by atoms with Crippen LogP contribution in [0.3, 0.4) is 0 Å². The Kier molecular flexibility index (Phi) is 3.52. The molecule has 0 saturated heterocycles. The van der Waals surface area contributed by atoms with Gasteiger partial charge in [0, 0.05) is 0 Å². The molecule has 0 heterocycles. The molecule has 0 amide bonds. The largest absolute Gasteiger partial charge is 0.416 e. The quantitative estimate of drug-likeness (QED) is 0.774. The number of rotatable bonds is 2. The molecule has 17 heavy (non-hydrogen) atoms. The summed E-state index contributed by atoms with van der Waals surface area (Å²) < 4.78 is 73.4. The molecule has 1 aromatic rings. The van der Waals surface area contributed by atoms with Crippen molar-refractivity contribution in [3.63, 3.8) is 0 Å². The topological polar surface area (TPSA) is 34.1 Å². The molecular formula is C10H10F4O2S. The molecule has 0 unspecified atom stereocenters. The van der Waals surface area contributed by atoms with E-state index in [9.17, 15) is 26.0 Å². The van der Waals surface area contributed by atoms with Gasteiger partial charge in [-0.2, -0.15) is 13.2 Å². The fourth-order valence-corrected chi connectivity index (χ4v) is 2.28. The molecule has 0 radical (unpaired) electrons. The van der Waals surface area contributed by atoms with Crippen LogP contribution in [0.1, 0.15) is 19.4 Å². The van der Waals surface area contributed by atoms with Crippen LogP contribution in [-0.2, 0) is 16.0 Å². The zero-order chi connectivity index (χ0) is 13.4. The lowest BCUT2D eigenvalue weighted by atomic mass is 10.2. The molecule has 0 atom stereocenters. The zero-order valence-corrected chi connectivity index (χ0v) is 9.86. The average Bonchev–Trinajstić information content (AvgIpc) is 2.15. The molecule has 0 N–H and O–H groups in total. The van der Waals surface area contributed by atoms with Crippen LogP contribution in [0.4, 0.5) is 17.6 Å². The minimum atomic E-state index is -4.77. The van der Waals surface area contributed by atoms with Gasteiger partial charge in [-0.3, -0.25) is 0 Å². The highest BCUT2D eigenvalue weighted by Gasteiger charge is 2.33. The van der Waals surface area contributed by atoms with Crippen LogP contribution in [0.2, 0.25) is 0 Å². The fraction of sp³-hybridized carbons (Fsp3) is 0.400. The van der Waals surface area contributed by atoms with Gasteiger partial charge in [0.15, 0.2) is 9.84 Å². The maximum absolute atomic E-state index is 13.0. The third-order valence-corrected chi connectivity index (χ3v) is 4.28. The second-order valence-corrected chi connectivity index (χ2v) is 6.27. The van der Waals surface area contributed by atoms with Crippen LogP contribution in [-0.4, -0.2) is 13.7 Å². The lowest BCUT2D eigenvalue weighted by Crippen LogP contribution is -2.16. The molecule has 0 saturated carbocycles. The molecular weight excluding hydrogens is 260 g/mol. The molecule has 0 fully saturated rings. The van der Waals surface area contributed by atoms with E-state index in [2.05, 4.69) is 0 Å². The fourth-order valence-electron chi connectivity index (χ4n) is 1.16. The molecule has 0 bridgehead atoms. The van der Waals surface area contributed by atoms with E-state index < -0.39 is 37.5 Å². The van der Waals surface area contributed by atoms with E-state index in [1.54, 1.807) is 0 Å². The molecule has 0 aliphatic heterocycles. The van der Waals surface area contributed by atoms with Crippen molar-refractivity contribution in [1.29, 1.82) is 0 Å². The van der Waals surface area contributed by atoms with Crippen molar-refractivity contribution in [2.24, 2.45) is 0 Å². The van der Waals surface area contributed by atoms with E-state index >= 15 is 0 Å². The summed E-state index contributed by atoms with van der Waals surface area (Å²) >= 11 is 0. The summed E-state index contributed by atoms with van der Waals surface area (Å²) in [5, 5.41) is -0.912. The molecule has 96 valence electrons.